The van der Waals surface area contributed by atoms with E-state index in [1.54, 1.807) is 9.80 Å². The van der Waals surface area contributed by atoms with Gasteiger partial charge in [0.1, 0.15) is 11.6 Å². The predicted molar refractivity (Wildman–Crippen MR) is 99.4 cm³/mol. The minimum absolute atomic E-state index is 0.0486. The summed E-state index contributed by atoms with van der Waals surface area (Å²) in [5, 5.41) is 0. The highest BCUT2D eigenvalue weighted by molar-refractivity contribution is 5.97. The summed E-state index contributed by atoms with van der Waals surface area (Å²) in [5.74, 6) is -0.369. The second kappa shape index (κ2) is 7.82. The first-order chi connectivity index (χ1) is 12.9. The van der Waals surface area contributed by atoms with Crippen molar-refractivity contribution < 1.29 is 18.7 Å². The summed E-state index contributed by atoms with van der Waals surface area (Å²) < 4.78 is 18.7. The molecular weight excluding hydrogens is 349 g/mol. The maximum absolute atomic E-state index is 13.5. The lowest BCUT2D eigenvalue weighted by Gasteiger charge is -2.35. The number of rotatable bonds is 4. The van der Waals surface area contributed by atoms with E-state index in [0.717, 1.165) is 17.0 Å². The van der Waals surface area contributed by atoms with E-state index >= 15 is 0 Å². The normalized spacial score (nSPS) is 14.4. The number of hydrogen-bond acceptors (Lipinski definition) is 3. The lowest BCUT2D eigenvalue weighted by Crippen LogP contribution is -2.51. The molecule has 7 heteroatoms. The number of methoxy groups -OCH3 is 1. The van der Waals surface area contributed by atoms with Gasteiger partial charge in [0, 0.05) is 37.6 Å². The second-order valence-corrected chi connectivity index (χ2v) is 6.80. The average molecular weight is 373 g/mol. The first-order valence-corrected chi connectivity index (χ1v) is 8.94. The third-order valence-electron chi connectivity index (χ3n) is 4.91. The van der Waals surface area contributed by atoms with Gasteiger partial charge < -0.3 is 19.5 Å². The molecule has 0 bridgehead atoms. The van der Waals surface area contributed by atoms with Gasteiger partial charge in [-0.3, -0.25) is 9.59 Å². The number of aromatic nitrogens is 1. The number of ether oxygens (including phenoxy) is 1. The van der Waals surface area contributed by atoms with E-state index in [2.05, 4.69) is 4.98 Å². The second-order valence-electron chi connectivity index (χ2n) is 6.80. The molecule has 2 amide bonds. The Morgan fingerprint density at radius 1 is 1.11 bits per heavy atom. The van der Waals surface area contributed by atoms with Gasteiger partial charge in [-0.25, -0.2) is 4.39 Å². The molecule has 2 aromatic rings. The van der Waals surface area contributed by atoms with Crippen LogP contribution < -0.4 is 4.74 Å². The van der Waals surface area contributed by atoms with Crippen molar-refractivity contribution in [1.82, 2.24) is 14.8 Å². The molecule has 0 atom stereocenters. The molecule has 1 aromatic heterocycles. The third-order valence-corrected chi connectivity index (χ3v) is 4.91. The number of amides is 2. The topological polar surface area (TPSA) is 65.6 Å². The Balaban J connectivity index is 1.61. The average Bonchev–Trinajstić information content (AvgIpc) is 2.98. The molecule has 0 spiro atoms. The van der Waals surface area contributed by atoms with E-state index in [1.165, 1.54) is 25.3 Å². The van der Waals surface area contributed by atoms with E-state index in [1.807, 2.05) is 19.9 Å². The van der Waals surface area contributed by atoms with Crippen molar-refractivity contribution in [2.24, 2.45) is 0 Å². The van der Waals surface area contributed by atoms with Crippen LogP contribution in [0, 0.1) is 19.7 Å². The zero-order valence-corrected chi connectivity index (χ0v) is 15.8. The number of nitrogens with one attached hydrogen (secondary N) is 1. The van der Waals surface area contributed by atoms with Gasteiger partial charge in [-0.05, 0) is 43.7 Å². The highest BCUT2D eigenvalue weighted by Gasteiger charge is 2.27. The number of H-pyrrole nitrogens is 1. The smallest absolute Gasteiger partial charge is 0.257 e. The fraction of sp³-hybridized carbons (Fsp3) is 0.400. The van der Waals surface area contributed by atoms with Crippen LogP contribution >= 0.6 is 0 Å². The number of halogens is 1. The molecule has 1 fully saturated rings. The minimum atomic E-state index is -0.481. The fourth-order valence-corrected chi connectivity index (χ4v) is 3.42. The van der Waals surface area contributed by atoms with Crippen LogP contribution in [0.2, 0.25) is 0 Å². The highest BCUT2D eigenvalue weighted by atomic mass is 19.1. The summed E-state index contributed by atoms with van der Waals surface area (Å²) in [4.78, 5) is 31.9. The molecule has 1 aliphatic heterocycles. The van der Waals surface area contributed by atoms with Crippen molar-refractivity contribution in [3.8, 4) is 5.75 Å². The van der Waals surface area contributed by atoms with Crippen LogP contribution in [-0.4, -0.2) is 59.9 Å². The lowest BCUT2D eigenvalue weighted by atomic mass is 10.1. The summed E-state index contributed by atoms with van der Waals surface area (Å²) >= 11 is 0. The molecule has 1 saturated heterocycles. The Morgan fingerprint density at radius 3 is 2.37 bits per heavy atom. The predicted octanol–water partition coefficient (Wildman–Crippen LogP) is 2.31. The highest BCUT2D eigenvalue weighted by Crippen LogP contribution is 2.22. The van der Waals surface area contributed by atoms with Gasteiger partial charge in [0.05, 0.1) is 19.1 Å². The first-order valence-electron chi connectivity index (χ1n) is 8.94. The zero-order chi connectivity index (χ0) is 19.6. The maximum Gasteiger partial charge on any atom is 0.257 e. The van der Waals surface area contributed by atoms with Crippen molar-refractivity contribution in [2.75, 3.05) is 33.3 Å². The lowest BCUT2D eigenvalue weighted by molar-refractivity contribution is -0.131. The molecule has 1 aromatic carbocycles. The third kappa shape index (κ3) is 4.13. The Bertz CT molecular complexity index is 854. The molecule has 27 heavy (non-hydrogen) atoms. The van der Waals surface area contributed by atoms with Gasteiger partial charge in [-0.15, -0.1) is 0 Å². The maximum atomic E-state index is 13.5. The van der Waals surface area contributed by atoms with Gasteiger partial charge in [0.25, 0.3) is 5.91 Å². The number of hydrogen-bond donors (Lipinski definition) is 1. The van der Waals surface area contributed by atoms with Gasteiger partial charge in [-0.1, -0.05) is 0 Å². The van der Waals surface area contributed by atoms with E-state index in [0.29, 0.717) is 38.3 Å². The molecule has 0 radical (unpaired) electrons. The monoisotopic (exact) mass is 373 g/mol. The summed E-state index contributed by atoms with van der Waals surface area (Å²) in [6.07, 6.45) is 0.349. The Labute approximate surface area is 157 Å². The minimum Gasteiger partial charge on any atom is -0.496 e. The SMILES string of the molecule is COc1ccc(F)cc1C(=O)N1CCN(C(=O)Cc2cc(C)[nH]c2C)CC1. The van der Waals surface area contributed by atoms with Crippen molar-refractivity contribution in [3.63, 3.8) is 0 Å². The molecule has 144 valence electrons. The van der Waals surface area contributed by atoms with Crippen molar-refractivity contribution in [1.29, 1.82) is 0 Å². The number of carbonyl (C=O) groups is 2. The standard InChI is InChI=1S/C20H24FN3O3/c1-13-10-15(14(2)22-13)11-19(25)23-6-8-24(9-7-23)20(26)17-12-16(21)4-5-18(17)27-3/h4-5,10,12,22H,6-9,11H2,1-3H3. The molecular formula is C20H24FN3O3. The number of piperazine rings is 1. The molecule has 0 saturated carbocycles. The Hall–Kier alpha value is -2.83. The summed E-state index contributed by atoms with van der Waals surface area (Å²) in [7, 11) is 1.45. The van der Waals surface area contributed by atoms with E-state index in [4.69, 9.17) is 4.74 Å². The van der Waals surface area contributed by atoms with Gasteiger partial charge >= 0.3 is 0 Å². The quantitative estimate of drug-likeness (QED) is 0.894. The number of benzene rings is 1. The van der Waals surface area contributed by atoms with Crippen molar-refractivity contribution in [3.05, 3.63) is 52.6 Å². The van der Waals surface area contributed by atoms with Crippen molar-refractivity contribution in [2.45, 2.75) is 20.3 Å². The number of nitrogens with zero attached hydrogens (tertiary/aromatic N) is 2. The van der Waals surface area contributed by atoms with Crippen molar-refractivity contribution >= 4 is 11.8 Å². The van der Waals surface area contributed by atoms with E-state index in [9.17, 15) is 14.0 Å². The number of aromatic amines is 1. The summed E-state index contributed by atoms with van der Waals surface area (Å²) in [5.41, 5.74) is 3.25. The molecule has 3 rings (SSSR count). The van der Waals surface area contributed by atoms with Gasteiger partial charge in [-0.2, -0.15) is 0 Å². The van der Waals surface area contributed by atoms with Crippen LogP contribution in [0.15, 0.2) is 24.3 Å². The van der Waals surface area contributed by atoms with Gasteiger partial charge in [0.15, 0.2) is 0 Å². The molecule has 2 heterocycles. The summed E-state index contributed by atoms with van der Waals surface area (Å²) in [6.45, 7) is 5.67. The molecule has 0 unspecified atom stereocenters. The van der Waals surface area contributed by atoms with Crippen LogP contribution in [0.25, 0.3) is 0 Å². The Morgan fingerprint density at radius 2 is 1.78 bits per heavy atom. The van der Waals surface area contributed by atoms with Crippen LogP contribution in [0.5, 0.6) is 5.75 Å². The first kappa shape index (κ1) is 18.9. The van der Waals surface area contributed by atoms with Crippen LogP contribution in [0.3, 0.4) is 0 Å². The van der Waals surface area contributed by atoms with Crippen LogP contribution in [-0.2, 0) is 11.2 Å². The largest absolute Gasteiger partial charge is 0.496 e. The fourth-order valence-electron chi connectivity index (χ4n) is 3.42. The number of carbonyl (C=O) groups excluding carboxylic acids is 2. The Kier molecular flexibility index (Phi) is 5.48. The summed E-state index contributed by atoms with van der Waals surface area (Å²) in [6, 6.07) is 5.89. The number of aryl methyl sites for hydroxylation is 2. The van der Waals surface area contributed by atoms with E-state index in [-0.39, 0.29) is 17.4 Å². The van der Waals surface area contributed by atoms with E-state index < -0.39 is 5.82 Å². The van der Waals surface area contributed by atoms with Crippen LogP contribution in [0.4, 0.5) is 4.39 Å². The van der Waals surface area contributed by atoms with Crippen LogP contribution in [0.1, 0.15) is 27.3 Å². The van der Waals surface area contributed by atoms with Gasteiger partial charge in [0.2, 0.25) is 5.91 Å². The molecule has 1 N–H and O–H groups in total. The molecule has 0 aliphatic carbocycles. The molecule has 1 aliphatic rings. The zero-order valence-electron chi connectivity index (χ0n) is 15.8. The molecule has 6 nitrogen and oxygen atoms in total.